The molecule has 0 radical (unpaired) electrons. The molecule has 2 aliphatic heterocycles. The molecule has 4 rings (SSSR count). The molecule has 2 atom stereocenters. The molecule has 2 aliphatic rings. The van der Waals surface area contributed by atoms with Gasteiger partial charge >= 0.3 is 0 Å². The molecule has 2 aromatic carbocycles. The maximum absolute atomic E-state index is 13.1. The summed E-state index contributed by atoms with van der Waals surface area (Å²) >= 11 is 0. The van der Waals surface area contributed by atoms with Gasteiger partial charge in [0.25, 0.3) is 0 Å². The Morgan fingerprint density at radius 2 is 1.73 bits per heavy atom. The van der Waals surface area contributed by atoms with Crippen LogP contribution in [0.5, 0.6) is 0 Å². The van der Waals surface area contributed by atoms with Crippen molar-refractivity contribution >= 4 is 35.6 Å². The lowest BCUT2D eigenvalue weighted by molar-refractivity contribution is -0.0250. The summed E-state index contributed by atoms with van der Waals surface area (Å²) < 4.78 is 19.2. The van der Waals surface area contributed by atoms with Gasteiger partial charge in [0.05, 0.1) is 6.10 Å². The molecule has 2 unspecified atom stereocenters. The lowest BCUT2D eigenvalue weighted by Gasteiger charge is -2.37. The van der Waals surface area contributed by atoms with Crippen molar-refractivity contribution in [3.8, 4) is 0 Å². The molecule has 7 heteroatoms. The maximum Gasteiger partial charge on any atom is 0.191 e. The molecule has 0 bridgehead atoms. The van der Waals surface area contributed by atoms with Gasteiger partial charge in [-0.2, -0.15) is 0 Å². The van der Waals surface area contributed by atoms with E-state index in [-0.39, 0.29) is 35.9 Å². The molecule has 0 aromatic heterocycles. The van der Waals surface area contributed by atoms with Crippen LogP contribution in [-0.4, -0.2) is 50.2 Å². The number of hydrogen-bond donors (Lipinski definition) is 1. The van der Waals surface area contributed by atoms with Crippen molar-refractivity contribution in [2.75, 3.05) is 44.2 Å². The predicted molar refractivity (Wildman–Crippen MR) is 130 cm³/mol. The minimum Gasteiger partial charge on any atom is -0.373 e. The number of nitrogens with zero attached hydrogens (tertiary/aromatic N) is 3. The number of piperazine rings is 1. The van der Waals surface area contributed by atoms with Crippen LogP contribution in [-0.2, 0) is 4.74 Å². The molecule has 5 nitrogen and oxygen atoms in total. The number of hydrogen-bond acceptors (Lipinski definition) is 3. The number of anilines is 1. The number of guanidine groups is 1. The second-order valence-electron chi connectivity index (χ2n) is 7.75. The Hall–Kier alpha value is -1.87. The van der Waals surface area contributed by atoms with Crippen LogP contribution in [0.3, 0.4) is 0 Å². The largest absolute Gasteiger partial charge is 0.373 e. The lowest BCUT2D eigenvalue weighted by atomic mass is 9.89. The highest BCUT2D eigenvalue weighted by Crippen LogP contribution is 2.33. The Morgan fingerprint density at radius 1 is 1.03 bits per heavy atom. The summed E-state index contributed by atoms with van der Waals surface area (Å²) in [7, 11) is 0. The van der Waals surface area contributed by atoms with E-state index in [0.717, 1.165) is 51.3 Å². The van der Waals surface area contributed by atoms with Crippen LogP contribution >= 0.6 is 24.0 Å². The van der Waals surface area contributed by atoms with E-state index in [1.54, 1.807) is 0 Å². The zero-order chi connectivity index (χ0) is 20.1. The maximum atomic E-state index is 13.1. The van der Waals surface area contributed by atoms with Gasteiger partial charge in [-0.25, -0.2) is 4.39 Å². The summed E-state index contributed by atoms with van der Waals surface area (Å²) in [4.78, 5) is 9.12. The second kappa shape index (κ2) is 10.9. The topological polar surface area (TPSA) is 54.1 Å². The Balaban J connectivity index is 0.00000256. The third-order valence-corrected chi connectivity index (χ3v) is 5.86. The third-order valence-electron chi connectivity index (χ3n) is 5.86. The van der Waals surface area contributed by atoms with Crippen molar-refractivity contribution in [1.29, 1.82) is 0 Å². The molecular weight excluding hydrogens is 494 g/mol. The van der Waals surface area contributed by atoms with Crippen molar-refractivity contribution < 1.29 is 9.13 Å². The highest BCUT2D eigenvalue weighted by molar-refractivity contribution is 14.0. The van der Waals surface area contributed by atoms with Crippen molar-refractivity contribution in [3.63, 3.8) is 0 Å². The Kier molecular flexibility index (Phi) is 8.32. The first-order valence-corrected chi connectivity index (χ1v) is 10.4. The quantitative estimate of drug-likeness (QED) is 0.373. The van der Waals surface area contributed by atoms with E-state index in [1.165, 1.54) is 17.7 Å². The van der Waals surface area contributed by atoms with Gasteiger partial charge in [0.1, 0.15) is 5.82 Å². The molecule has 0 spiro atoms. The molecule has 2 N–H and O–H groups in total. The standard InChI is InChI=1S/C23H29FN4O.HI/c24-20-8-10-21(11-9-20)27-12-14-28(15-13-27)23(25)26-17-19-7-4-16-29-22(19)18-5-2-1-3-6-18;/h1-3,5-6,8-11,19,22H,4,7,12-17H2,(H2,25,26);1H. The summed E-state index contributed by atoms with van der Waals surface area (Å²) in [5, 5.41) is 0. The van der Waals surface area contributed by atoms with Gasteiger partial charge in [-0.3, -0.25) is 4.99 Å². The van der Waals surface area contributed by atoms with Crippen LogP contribution in [0.15, 0.2) is 59.6 Å². The first kappa shape index (κ1) is 22.8. The first-order chi connectivity index (χ1) is 14.2. The van der Waals surface area contributed by atoms with Gasteiger partial charge < -0.3 is 20.3 Å². The average Bonchev–Trinajstić information content (AvgIpc) is 2.79. The van der Waals surface area contributed by atoms with Gasteiger partial charge in [0.2, 0.25) is 0 Å². The molecule has 2 saturated heterocycles. The van der Waals surface area contributed by atoms with Crippen LogP contribution in [0, 0.1) is 11.7 Å². The summed E-state index contributed by atoms with van der Waals surface area (Å²) in [5.74, 6) is 0.760. The summed E-state index contributed by atoms with van der Waals surface area (Å²) in [6.45, 7) is 4.82. The highest BCUT2D eigenvalue weighted by Gasteiger charge is 2.27. The van der Waals surface area contributed by atoms with E-state index in [0.29, 0.717) is 18.4 Å². The molecular formula is C23H30FIN4O. The summed E-state index contributed by atoms with van der Waals surface area (Å²) in [6, 6.07) is 17.1. The van der Waals surface area contributed by atoms with Crippen LogP contribution < -0.4 is 10.6 Å². The minimum absolute atomic E-state index is 0. The molecule has 0 aliphatic carbocycles. The van der Waals surface area contributed by atoms with Gasteiger partial charge in [-0.1, -0.05) is 30.3 Å². The number of benzene rings is 2. The molecule has 0 amide bonds. The van der Waals surface area contributed by atoms with Crippen LogP contribution in [0.4, 0.5) is 10.1 Å². The van der Waals surface area contributed by atoms with Crippen LogP contribution in [0.2, 0.25) is 0 Å². The minimum atomic E-state index is -0.204. The van der Waals surface area contributed by atoms with E-state index in [1.807, 2.05) is 18.2 Å². The van der Waals surface area contributed by atoms with Crippen molar-refractivity contribution in [3.05, 3.63) is 66.0 Å². The van der Waals surface area contributed by atoms with Crippen molar-refractivity contribution in [1.82, 2.24) is 4.90 Å². The molecule has 2 heterocycles. The fourth-order valence-electron chi connectivity index (χ4n) is 4.20. The Morgan fingerprint density at radius 3 is 2.43 bits per heavy atom. The predicted octanol–water partition coefficient (Wildman–Crippen LogP) is 4.05. The number of ether oxygens (including phenoxy) is 1. The van der Waals surface area contributed by atoms with Crippen LogP contribution in [0.25, 0.3) is 0 Å². The van der Waals surface area contributed by atoms with Crippen molar-refractivity contribution in [2.45, 2.75) is 18.9 Å². The second-order valence-corrected chi connectivity index (χ2v) is 7.75. The summed E-state index contributed by atoms with van der Waals surface area (Å²) in [5.41, 5.74) is 8.59. The molecule has 2 aromatic rings. The third kappa shape index (κ3) is 5.63. The molecule has 162 valence electrons. The molecule has 2 fully saturated rings. The molecule has 30 heavy (non-hydrogen) atoms. The normalized spacial score (nSPS) is 22.5. The zero-order valence-corrected chi connectivity index (χ0v) is 19.5. The molecule has 0 saturated carbocycles. The zero-order valence-electron chi connectivity index (χ0n) is 17.1. The van der Waals surface area contributed by atoms with E-state index in [9.17, 15) is 4.39 Å². The van der Waals surface area contributed by atoms with Gasteiger partial charge in [0, 0.05) is 50.9 Å². The number of halogens is 2. The average molecular weight is 524 g/mol. The van der Waals surface area contributed by atoms with Gasteiger partial charge in [0.15, 0.2) is 5.96 Å². The van der Waals surface area contributed by atoms with Crippen LogP contribution in [0.1, 0.15) is 24.5 Å². The fourth-order valence-corrected chi connectivity index (χ4v) is 4.20. The Labute approximate surface area is 195 Å². The SMILES string of the molecule is I.NC(=NCC1CCCOC1c1ccccc1)N1CCN(c2ccc(F)cc2)CC1. The van der Waals surface area contributed by atoms with Gasteiger partial charge in [-0.15, -0.1) is 24.0 Å². The van der Waals surface area contributed by atoms with E-state index in [2.05, 4.69) is 34.1 Å². The number of nitrogens with two attached hydrogens (primary N) is 1. The van der Waals surface area contributed by atoms with E-state index < -0.39 is 0 Å². The Bertz CT molecular complexity index is 810. The number of aliphatic imine (C=N–C) groups is 1. The van der Waals surface area contributed by atoms with E-state index >= 15 is 0 Å². The summed E-state index contributed by atoms with van der Waals surface area (Å²) in [6.07, 6.45) is 2.27. The lowest BCUT2D eigenvalue weighted by Crippen LogP contribution is -2.51. The highest BCUT2D eigenvalue weighted by atomic mass is 127. The smallest absolute Gasteiger partial charge is 0.191 e. The van der Waals surface area contributed by atoms with Gasteiger partial charge in [-0.05, 0) is 42.7 Å². The first-order valence-electron chi connectivity index (χ1n) is 10.4. The fraction of sp³-hybridized carbons (Fsp3) is 0.435. The van der Waals surface area contributed by atoms with Crippen molar-refractivity contribution in [2.24, 2.45) is 16.6 Å². The monoisotopic (exact) mass is 524 g/mol. The number of rotatable bonds is 4. The van der Waals surface area contributed by atoms with E-state index in [4.69, 9.17) is 15.5 Å².